The van der Waals surface area contributed by atoms with E-state index in [0.29, 0.717) is 49.6 Å². The van der Waals surface area contributed by atoms with Crippen molar-refractivity contribution < 1.29 is 22.8 Å². The van der Waals surface area contributed by atoms with Gasteiger partial charge in [0.2, 0.25) is 27.7 Å². The van der Waals surface area contributed by atoms with Gasteiger partial charge in [0.05, 0.1) is 11.3 Å². The fraction of sp³-hybridized carbons (Fsp3) is 0.571. The van der Waals surface area contributed by atoms with Crippen molar-refractivity contribution >= 4 is 45.0 Å². The van der Waals surface area contributed by atoms with Crippen LogP contribution in [-0.2, 0) is 30.8 Å². The van der Waals surface area contributed by atoms with Gasteiger partial charge in [0, 0.05) is 82.0 Å². The van der Waals surface area contributed by atoms with Crippen molar-refractivity contribution in [1.82, 2.24) is 19.4 Å². The van der Waals surface area contributed by atoms with Crippen molar-refractivity contribution in [1.29, 1.82) is 0 Å². The molecular formula is C35H48ClN5O5S. The highest BCUT2D eigenvalue weighted by molar-refractivity contribution is 7.89. The van der Waals surface area contributed by atoms with Crippen LogP contribution in [0.15, 0.2) is 47.4 Å². The van der Waals surface area contributed by atoms with Crippen molar-refractivity contribution in [3.05, 3.63) is 58.6 Å². The molecule has 3 heterocycles. The molecule has 3 fully saturated rings. The van der Waals surface area contributed by atoms with Gasteiger partial charge in [-0.05, 0) is 87.3 Å². The minimum absolute atomic E-state index is 0.0499. The molecule has 2 aromatic carbocycles. The molecule has 0 saturated carbocycles. The molecule has 2 unspecified atom stereocenters. The molecule has 10 nitrogen and oxygen atoms in total. The zero-order chi connectivity index (χ0) is 33.9. The van der Waals surface area contributed by atoms with Gasteiger partial charge in [-0.3, -0.25) is 19.3 Å². The molecule has 2 atom stereocenters. The first-order valence-electron chi connectivity index (χ1n) is 16.7. The number of piperidine rings is 2. The van der Waals surface area contributed by atoms with E-state index < -0.39 is 10.0 Å². The van der Waals surface area contributed by atoms with Crippen molar-refractivity contribution in [2.45, 2.75) is 88.2 Å². The van der Waals surface area contributed by atoms with E-state index in [2.05, 4.69) is 10.2 Å². The van der Waals surface area contributed by atoms with Gasteiger partial charge in [-0.15, -0.1) is 0 Å². The molecule has 12 heteroatoms. The molecule has 2 bridgehead atoms. The van der Waals surface area contributed by atoms with E-state index in [9.17, 15) is 22.8 Å². The first-order valence-corrected chi connectivity index (χ1v) is 18.5. The van der Waals surface area contributed by atoms with E-state index in [0.717, 1.165) is 55.5 Å². The molecule has 3 amide bonds. The van der Waals surface area contributed by atoms with E-state index in [1.54, 1.807) is 31.2 Å². The highest BCUT2D eigenvalue weighted by atomic mass is 35.5. The number of nitrogens with zero attached hydrogens (tertiary/aromatic N) is 4. The lowest BCUT2D eigenvalue weighted by Gasteiger charge is -2.40. The Balaban J connectivity index is 1.14. The third-order valence-electron chi connectivity index (χ3n) is 10.1. The van der Waals surface area contributed by atoms with Crippen LogP contribution in [0, 0.1) is 12.8 Å². The Hall–Kier alpha value is -2.99. The standard InChI is InChI=1S/C35H48ClN5O5S/c1-24-6-9-31(23-33(24)36)41(35(44)27-14-18-39(19-15-27)25(2)42)17-5-16-40-29-10-11-30(40)22-28(21-29)37-34(43)20-26-7-12-32(13-8-26)47(45,46)38(3)4/h6-9,12-13,23,27-30H,5,10-11,14-22H2,1-4H3,(H,37,43). The number of sulfonamides is 1. The van der Waals surface area contributed by atoms with Crippen LogP contribution in [0.5, 0.6) is 0 Å². The van der Waals surface area contributed by atoms with Crippen LogP contribution >= 0.6 is 11.6 Å². The molecule has 1 N–H and O–H groups in total. The van der Waals surface area contributed by atoms with Crippen LogP contribution in [0.2, 0.25) is 5.02 Å². The van der Waals surface area contributed by atoms with Gasteiger partial charge in [-0.1, -0.05) is 29.8 Å². The van der Waals surface area contributed by atoms with Gasteiger partial charge in [0.1, 0.15) is 0 Å². The summed E-state index contributed by atoms with van der Waals surface area (Å²) in [4.78, 5) is 45.1. The van der Waals surface area contributed by atoms with Crippen molar-refractivity contribution in [3.8, 4) is 0 Å². The fourth-order valence-corrected chi connectivity index (χ4v) is 8.48. The summed E-state index contributed by atoms with van der Waals surface area (Å²) < 4.78 is 25.9. The number of halogens is 1. The second-order valence-corrected chi connectivity index (χ2v) is 16.1. The SMILES string of the molecule is CC(=O)N1CCC(C(=O)N(CCCN2C3CCC2CC(NC(=O)Cc2ccc(S(=O)(=O)N(C)C)cc2)C3)c2ccc(C)c(Cl)c2)CC1. The van der Waals surface area contributed by atoms with E-state index in [-0.39, 0.29) is 41.0 Å². The summed E-state index contributed by atoms with van der Waals surface area (Å²) in [5.41, 5.74) is 2.56. The maximum Gasteiger partial charge on any atom is 0.242 e. The number of carbonyl (C=O) groups is 3. The van der Waals surface area contributed by atoms with Gasteiger partial charge >= 0.3 is 0 Å². The minimum atomic E-state index is -3.51. The molecule has 0 aromatic heterocycles. The van der Waals surface area contributed by atoms with Crippen molar-refractivity contribution in [3.63, 3.8) is 0 Å². The summed E-state index contributed by atoms with van der Waals surface area (Å²) in [6.45, 7) is 6.22. The van der Waals surface area contributed by atoms with Crippen molar-refractivity contribution in [2.75, 3.05) is 45.2 Å². The van der Waals surface area contributed by atoms with Gasteiger partial charge in [0.25, 0.3) is 0 Å². The first-order chi connectivity index (χ1) is 22.3. The largest absolute Gasteiger partial charge is 0.353 e. The van der Waals surface area contributed by atoms with Gasteiger partial charge < -0.3 is 15.1 Å². The normalized spacial score (nSPS) is 22.0. The monoisotopic (exact) mass is 685 g/mol. The molecule has 3 saturated heterocycles. The van der Waals surface area contributed by atoms with E-state index in [1.807, 2.05) is 34.9 Å². The average molecular weight is 686 g/mol. The predicted octanol–water partition coefficient (Wildman–Crippen LogP) is 4.23. The van der Waals surface area contributed by atoms with Gasteiger partial charge in [-0.2, -0.15) is 0 Å². The number of amides is 3. The van der Waals surface area contributed by atoms with Crippen LogP contribution in [0.25, 0.3) is 0 Å². The highest BCUT2D eigenvalue weighted by Gasteiger charge is 2.41. The number of fused-ring (bicyclic) bond motifs is 2. The first kappa shape index (κ1) is 35.3. The third kappa shape index (κ3) is 8.36. The van der Waals surface area contributed by atoms with Crippen LogP contribution < -0.4 is 10.2 Å². The van der Waals surface area contributed by atoms with Gasteiger partial charge in [0.15, 0.2) is 0 Å². The Morgan fingerprint density at radius 2 is 1.60 bits per heavy atom. The summed E-state index contributed by atoms with van der Waals surface area (Å²) in [7, 11) is -0.515. The summed E-state index contributed by atoms with van der Waals surface area (Å²) in [6, 6.07) is 13.2. The van der Waals surface area contributed by atoms with Crippen LogP contribution in [-0.4, -0.2) is 98.6 Å². The number of carbonyl (C=O) groups excluding carboxylic acids is 3. The quantitative estimate of drug-likeness (QED) is 0.379. The van der Waals surface area contributed by atoms with Crippen LogP contribution in [0.1, 0.15) is 63.0 Å². The average Bonchev–Trinajstić information content (AvgIpc) is 3.27. The Labute approximate surface area is 284 Å². The summed E-state index contributed by atoms with van der Waals surface area (Å²) in [5, 5.41) is 3.88. The Morgan fingerprint density at radius 3 is 2.17 bits per heavy atom. The Kier molecular flexibility index (Phi) is 11.3. The number of rotatable bonds is 11. The maximum atomic E-state index is 13.9. The molecular weight excluding hydrogens is 638 g/mol. The second-order valence-electron chi connectivity index (χ2n) is 13.5. The predicted molar refractivity (Wildman–Crippen MR) is 184 cm³/mol. The third-order valence-corrected chi connectivity index (χ3v) is 12.4. The summed E-state index contributed by atoms with van der Waals surface area (Å²) in [5.74, 6) is -0.0103. The number of hydrogen-bond acceptors (Lipinski definition) is 6. The smallest absolute Gasteiger partial charge is 0.242 e. The lowest BCUT2D eigenvalue weighted by molar-refractivity contribution is -0.133. The van der Waals surface area contributed by atoms with Crippen LogP contribution in [0.3, 0.4) is 0 Å². The summed E-state index contributed by atoms with van der Waals surface area (Å²) >= 11 is 6.49. The molecule has 0 aliphatic carbocycles. The van der Waals surface area contributed by atoms with E-state index >= 15 is 0 Å². The lowest BCUT2D eigenvalue weighted by atomic mass is 9.94. The number of nitrogens with one attached hydrogen (secondary N) is 1. The lowest BCUT2D eigenvalue weighted by Crippen LogP contribution is -2.51. The zero-order valence-electron chi connectivity index (χ0n) is 28.0. The molecule has 2 aromatic rings. The minimum Gasteiger partial charge on any atom is -0.353 e. The Bertz CT molecular complexity index is 1540. The number of likely N-dealkylation sites (tertiary alicyclic amines) is 1. The molecule has 3 aliphatic heterocycles. The molecule has 256 valence electrons. The second kappa shape index (κ2) is 15.1. The van der Waals surface area contributed by atoms with Crippen LogP contribution in [0.4, 0.5) is 5.69 Å². The number of benzene rings is 2. The summed E-state index contributed by atoms with van der Waals surface area (Å²) in [6.07, 6.45) is 6.36. The molecule has 47 heavy (non-hydrogen) atoms. The molecule has 0 radical (unpaired) electrons. The number of aryl methyl sites for hydroxylation is 1. The number of hydrogen-bond donors (Lipinski definition) is 1. The molecule has 0 spiro atoms. The van der Waals surface area contributed by atoms with E-state index in [4.69, 9.17) is 11.6 Å². The van der Waals surface area contributed by atoms with E-state index in [1.165, 1.54) is 18.4 Å². The molecule has 5 rings (SSSR count). The van der Waals surface area contributed by atoms with Crippen molar-refractivity contribution in [2.24, 2.45) is 5.92 Å². The topological polar surface area (TPSA) is 110 Å². The Morgan fingerprint density at radius 1 is 0.957 bits per heavy atom. The number of anilines is 1. The maximum absolute atomic E-state index is 13.9. The fourth-order valence-electron chi connectivity index (χ4n) is 7.40. The zero-order valence-corrected chi connectivity index (χ0v) is 29.5. The van der Waals surface area contributed by atoms with Gasteiger partial charge in [-0.25, -0.2) is 12.7 Å². The highest BCUT2D eigenvalue weighted by Crippen LogP contribution is 2.36. The molecule has 3 aliphatic rings.